The Bertz CT molecular complexity index is 230. The third-order valence-corrected chi connectivity index (χ3v) is 1.52. The Hall–Kier alpha value is -1.50. The summed E-state index contributed by atoms with van der Waals surface area (Å²) < 4.78 is 0. The van der Waals surface area contributed by atoms with Crippen LogP contribution in [0, 0.1) is 18.3 Å². The molecule has 0 aromatic carbocycles. The van der Waals surface area contributed by atoms with E-state index in [2.05, 4.69) is 11.2 Å². The second-order valence-electron chi connectivity index (χ2n) is 2.75. The molecule has 0 aromatic heterocycles. The Kier molecular flexibility index (Phi) is 5.37. The Morgan fingerprint density at radius 1 is 1.62 bits per heavy atom. The van der Waals surface area contributed by atoms with Gasteiger partial charge >= 0.3 is 5.97 Å². The lowest BCUT2D eigenvalue weighted by Crippen LogP contribution is -2.31. The van der Waals surface area contributed by atoms with Gasteiger partial charge in [-0.25, -0.2) is 0 Å². The fraction of sp³-hybridized carbons (Fsp3) is 0.556. The van der Waals surface area contributed by atoms with Gasteiger partial charge in [0.1, 0.15) is 0 Å². The zero-order valence-electron chi connectivity index (χ0n) is 7.54. The molecule has 0 aromatic rings. The Morgan fingerprint density at radius 3 is 2.69 bits per heavy atom. The molecule has 0 fully saturated rings. The van der Waals surface area contributed by atoms with E-state index in [0.29, 0.717) is 6.42 Å². The van der Waals surface area contributed by atoms with Gasteiger partial charge in [-0.1, -0.05) is 6.92 Å². The van der Waals surface area contributed by atoms with Crippen LogP contribution in [0.5, 0.6) is 0 Å². The number of rotatable bonds is 5. The lowest BCUT2D eigenvalue weighted by molar-refractivity contribution is -0.141. The SMILES string of the molecule is C#CCCC(=O)NCC(C)C(=O)O. The molecular weight excluding hydrogens is 170 g/mol. The van der Waals surface area contributed by atoms with E-state index in [1.807, 2.05) is 0 Å². The fourth-order valence-electron chi connectivity index (χ4n) is 0.628. The maximum atomic E-state index is 10.9. The van der Waals surface area contributed by atoms with Gasteiger partial charge in [-0.3, -0.25) is 9.59 Å². The number of nitrogens with one attached hydrogen (secondary N) is 1. The minimum atomic E-state index is -0.919. The van der Waals surface area contributed by atoms with E-state index in [0.717, 1.165) is 0 Å². The molecule has 2 N–H and O–H groups in total. The predicted octanol–water partition coefficient (Wildman–Crippen LogP) is 0.237. The van der Waals surface area contributed by atoms with E-state index in [1.54, 1.807) is 0 Å². The molecular formula is C9H13NO3. The summed E-state index contributed by atoms with van der Waals surface area (Å²) in [6.07, 6.45) is 5.59. The summed E-state index contributed by atoms with van der Waals surface area (Å²) in [5, 5.41) is 11.0. The molecule has 0 aliphatic heterocycles. The van der Waals surface area contributed by atoms with Crippen LogP contribution in [-0.2, 0) is 9.59 Å². The van der Waals surface area contributed by atoms with Crippen molar-refractivity contribution < 1.29 is 14.7 Å². The summed E-state index contributed by atoms with van der Waals surface area (Å²) >= 11 is 0. The Morgan fingerprint density at radius 2 is 2.23 bits per heavy atom. The highest BCUT2D eigenvalue weighted by atomic mass is 16.4. The summed E-state index contributed by atoms with van der Waals surface area (Å²) in [4.78, 5) is 21.3. The van der Waals surface area contributed by atoms with Crippen LogP contribution in [0.3, 0.4) is 0 Å². The zero-order chi connectivity index (χ0) is 10.3. The first kappa shape index (κ1) is 11.5. The van der Waals surface area contributed by atoms with Gasteiger partial charge in [-0.2, -0.15) is 0 Å². The van der Waals surface area contributed by atoms with Gasteiger partial charge in [-0.15, -0.1) is 12.3 Å². The van der Waals surface area contributed by atoms with Crippen molar-refractivity contribution in [3.05, 3.63) is 0 Å². The molecule has 0 rings (SSSR count). The van der Waals surface area contributed by atoms with Crippen molar-refractivity contribution in [1.29, 1.82) is 0 Å². The van der Waals surface area contributed by atoms with Gasteiger partial charge in [0.15, 0.2) is 0 Å². The molecule has 0 aliphatic rings. The average Bonchev–Trinajstić information content (AvgIpc) is 2.10. The van der Waals surface area contributed by atoms with Crippen LogP contribution in [0.1, 0.15) is 19.8 Å². The molecule has 1 amide bonds. The highest BCUT2D eigenvalue weighted by Crippen LogP contribution is 1.92. The minimum Gasteiger partial charge on any atom is -0.481 e. The standard InChI is InChI=1S/C9H13NO3/c1-3-4-5-8(11)10-6-7(2)9(12)13/h1,7H,4-6H2,2H3,(H,10,11)(H,12,13). The number of terminal acetylenes is 1. The zero-order valence-corrected chi connectivity index (χ0v) is 7.54. The Balaban J connectivity index is 3.59. The van der Waals surface area contributed by atoms with Gasteiger partial charge in [0.25, 0.3) is 0 Å². The van der Waals surface area contributed by atoms with Gasteiger partial charge in [-0.05, 0) is 0 Å². The van der Waals surface area contributed by atoms with E-state index >= 15 is 0 Å². The summed E-state index contributed by atoms with van der Waals surface area (Å²) in [5.41, 5.74) is 0. The van der Waals surface area contributed by atoms with Crippen molar-refractivity contribution in [3.63, 3.8) is 0 Å². The highest BCUT2D eigenvalue weighted by Gasteiger charge is 2.11. The van der Waals surface area contributed by atoms with Gasteiger partial charge in [0.05, 0.1) is 5.92 Å². The van der Waals surface area contributed by atoms with E-state index in [-0.39, 0.29) is 18.9 Å². The van der Waals surface area contributed by atoms with Crippen molar-refractivity contribution in [2.75, 3.05) is 6.54 Å². The quantitative estimate of drug-likeness (QED) is 0.600. The summed E-state index contributed by atoms with van der Waals surface area (Å²) in [6.45, 7) is 1.68. The first-order valence-electron chi connectivity index (χ1n) is 4.01. The van der Waals surface area contributed by atoms with Crippen molar-refractivity contribution in [3.8, 4) is 12.3 Å². The number of carboxylic acid groups (broad SMARTS) is 1. The molecule has 13 heavy (non-hydrogen) atoms. The molecule has 0 heterocycles. The van der Waals surface area contributed by atoms with Crippen LogP contribution >= 0.6 is 0 Å². The van der Waals surface area contributed by atoms with Gasteiger partial charge in [0, 0.05) is 19.4 Å². The molecule has 0 saturated carbocycles. The van der Waals surface area contributed by atoms with E-state index < -0.39 is 11.9 Å². The molecule has 0 spiro atoms. The third-order valence-electron chi connectivity index (χ3n) is 1.52. The van der Waals surface area contributed by atoms with E-state index in [1.165, 1.54) is 6.92 Å². The summed E-state index contributed by atoms with van der Waals surface area (Å²) in [7, 11) is 0. The normalized spacial score (nSPS) is 11.4. The molecule has 1 unspecified atom stereocenters. The van der Waals surface area contributed by atoms with Crippen LogP contribution in [0.25, 0.3) is 0 Å². The van der Waals surface area contributed by atoms with Crippen molar-refractivity contribution >= 4 is 11.9 Å². The number of carboxylic acids is 1. The van der Waals surface area contributed by atoms with Crippen molar-refractivity contribution in [2.24, 2.45) is 5.92 Å². The summed E-state index contributed by atoms with van der Waals surface area (Å²) in [5.74, 6) is 0.650. The molecule has 1 atom stereocenters. The molecule has 0 saturated heterocycles. The second kappa shape index (κ2) is 6.06. The van der Waals surface area contributed by atoms with Crippen LogP contribution < -0.4 is 5.32 Å². The lowest BCUT2D eigenvalue weighted by atomic mass is 10.2. The fourth-order valence-corrected chi connectivity index (χ4v) is 0.628. The number of hydrogen-bond acceptors (Lipinski definition) is 2. The lowest BCUT2D eigenvalue weighted by Gasteiger charge is -2.06. The number of hydrogen-bond donors (Lipinski definition) is 2. The number of amides is 1. The molecule has 0 radical (unpaired) electrons. The van der Waals surface area contributed by atoms with E-state index in [9.17, 15) is 9.59 Å². The molecule has 0 aliphatic carbocycles. The predicted molar refractivity (Wildman–Crippen MR) is 47.9 cm³/mol. The van der Waals surface area contributed by atoms with Gasteiger partial charge < -0.3 is 10.4 Å². The van der Waals surface area contributed by atoms with Gasteiger partial charge in [0.2, 0.25) is 5.91 Å². The Labute approximate surface area is 77.3 Å². The average molecular weight is 183 g/mol. The van der Waals surface area contributed by atoms with E-state index in [4.69, 9.17) is 11.5 Å². The largest absolute Gasteiger partial charge is 0.481 e. The number of carbonyl (C=O) groups excluding carboxylic acids is 1. The maximum absolute atomic E-state index is 10.9. The molecule has 72 valence electrons. The molecule has 4 heteroatoms. The first-order valence-corrected chi connectivity index (χ1v) is 4.01. The summed E-state index contributed by atoms with van der Waals surface area (Å²) in [6, 6.07) is 0. The number of carbonyl (C=O) groups is 2. The number of aliphatic carboxylic acids is 1. The molecule has 4 nitrogen and oxygen atoms in total. The van der Waals surface area contributed by atoms with Crippen LogP contribution in [0.4, 0.5) is 0 Å². The highest BCUT2D eigenvalue weighted by molar-refractivity contribution is 5.77. The monoisotopic (exact) mass is 183 g/mol. The second-order valence-corrected chi connectivity index (χ2v) is 2.75. The minimum absolute atomic E-state index is 0.152. The van der Waals surface area contributed by atoms with Crippen molar-refractivity contribution in [2.45, 2.75) is 19.8 Å². The first-order chi connectivity index (χ1) is 6.07. The van der Waals surface area contributed by atoms with Crippen LogP contribution in [-0.4, -0.2) is 23.5 Å². The van der Waals surface area contributed by atoms with Crippen LogP contribution in [0.15, 0.2) is 0 Å². The molecule has 0 bridgehead atoms. The van der Waals surface area contributed by atoms with Crippen LogP contribution in [0.2, 0.25) is 0 Å². The third kappa shape index (κ3) is 5.74. The topological polar surface area (TPSA) is 66.4 Å². The smallest absolute Gasteiger partial charge is 0.308 e. The maximum Gasteiger partial charge on any atom is 0.308 e. The van der Waals surface area contributed by atoms with Crippen molar-refractivity contribution in [1.82, 2.24) is 5.32 Å².